The zero-order valence-electron chi connectivity index (χ0n) is 7.43. The minimum absolute atomic E-state index is 0.0157. The van der Waals surface area contributed by atoms with Crippen molar-refractivity contribution < 1.29 is 13.6 Å². The smallest absolute Gasteiger partial charge is 0.266 e. The molecule has 2 nitrogen and oxygen atoms in total. The van der Waals surface area contributed by atoms with Gasteiger partial charge in [-0.1, -0.05) is 15.9 Å². The fraction of sp³-hybridized carbons (Fsp3) is 0.333. The molecule has 0 radical (unpaired) electrons. The molecule has 14 heavy (non-hydrogen) atoms. The predicted molar refractivity (Wildman–Crippen MR) is 51.9 cm³/mol. The van der Waals surface area contributed by atoms with E-state index in [0.29, 0.717) is 12.0 Å². The van der Waals surface area contributed by atoms with Crippen molar-refractivity contribution in [3.8, 4) is 0 Å². The van der Waals surface area contributed by atoms with Gasteiger partial charge >= 0.3 is 0 Å². The molecule has 0 fully saturated rings. The second-order valence-electron chi connectivity index (χ2n) is 2.77. The Morgan fingerprint density at radius 3 is 2.71 bits per heavy atom. The first-order chi connectivity index (χ1) is 6.60. The van der Waals surface area contributed by atoms with E-state index in [0.717, 1.165) is 0 Å². The molecule has 0 spiro atoms. The highest BCUT2D eigenvalue weighted by Gasteiger charge is 2.18. The first-order valence-corrected chi connectivity index (χ1v) is 5.02. The number of hydrogen-bond acceptors (Lipinski definition) is 2. The van der Waals surface area contributed by atoms with Crippen molar-refractivity contribution in [1.82, 2.24) is 4.98 Å². The van der Waals surface area contributed by atoms with Crippen LogP contribution in [0.2, 0.25) is 0 Å². The summed E-state index contributed by atoms with van der Waals surface area (Å²) in [6, 6.07) is 1.36. The Hall–Kier alpha value is -0.840. The summed E-state index contributed by atoms with van der Waals surface area (Å²) in [6.45, 7) is 1.66. The normalized spacial score (nSPS) is 10.6. The van der Waals surface area contributed by atoms with Gasteiger partial charge in [0.15, 0.2) is 6.29 Å². The number of aromatic nitrogens is 1. The first-order valence-electron chi connectivity index (χ1n) is 3.89. The molecule has 0 aliphatic rings. The number of carbonyl (C=O) groups excluding carboxylic acids is 1. The number of pyridine rings is 1. The monoisotopic (exact) mass is 263 g/mol. The van der Waals surface area contributed by atoms with Crippen molar-refractivity contribution in [2.24, 2.45) is 0 Å². The molecular weight excluding hydrogens is 256 g/mol. The van der Waals surface area contributed by atoms with Gasteiger partial charge < -0.3 is 0 Å². The van der Waals surface area contributed by atoms with Crippen molar-refractivity contribution in [3.05, 3.63) is 28.6 Å². The van der Waals surface area contributed by atoms with Gasteiger partial charge in [0.25, 0.3) is 6.43 Å². The van der Waals surface area contributed by atoms with Crippen molar-refractivity contribution in [3.63, 3.8) is 0 Å². The van der Waals surface area contributed by atoms with E-state index < -0.39 is 6.43 Å². The highest BCUT2D eigenvalue weighted by Crippen LogP contribution is 2.26. The van der Waals surface area contributed by atoms with E-state index in [1.807, 2.05) is 0 Å². The molecule has 0 saturated heterocycles. The maximum absolute atomic E-state index is 12.6. The lowest BCUT2D eigenvalue weighted by Crippen LogP contribution is -2.03. The molecule has 1 heterocycles. The molecule has 0 aromatic carbocycles. The highest BCUT2D eigenvalue weighted by molar-refractivity contribution is 9.08. The SMILES string of the molecule is Cc1cc(C=O)c(C(F)F)c(CBr)n1. The van der Waals surface area contributed by atoms with Crippen LogP contribution in [-0.4, -0.2) is 11.3 Å². The summed E-state index contributed by atoms with van der Waals surface area (Å²) in [7, 11) is 0. The summed E-state index contributed by atoms with van der Waals surface area (Å²) in [5.41, 5.74) is 0.525. The van der Waals surface area contributed by atoms with Gasteiger partial charge in [-0.15, -0.1) is 0 Å². The molecule has 1 aromatic rings. The van der Waals surface area contributed by atoms with Gasteiger partial charge in [0.1, 0.15) is 0 Å². The standard InChI is InChI=1S/C9H8BrF2NO/c1-5-2-6(4-14)8(9(11)12)7(3-10)13-5/h2,4,9H,3H2,1H3. The fourth-order valence-corrected chi connectivity index (χ4v) is 1.65. The van der Waals surface area contributed by atoms with Crippen LogP contribution in [0.25, 0.3) is 0 Å². The molecule has 0 saturated carbocycles. The van der Waals surface area contributed by atoms with Crippen molar-refractivity contribution in [2.45, 2.75) is 18.7 Å². The summed E-state index contributed by atoms with van der Waals surface area (Å²) in [4.78, 5) is 14.5. The maximum Gasteiger partial charge on any atom is 0.266 e. The Kier molecular flexibility index (Phi) is 3.69. The topological polar surface area (TPSA) is 30.0 Å². The minimum atomic E-state index is -2.67. The number of halogens is 3. The molecule has 76 valence electrons. The van der Waals surface area contributed by atoms with Crippen LogP contribution in [0.4, 0.5) is 8.78 Å². The Labute approximate surface area is 88.5 Å². The number of hydrogen-bond donors (Lipinski definition) is 0. The Balaban J connectivity index is 3.40. The predicted octanol–water partition coefficient (Wildman–Crippen LogP) is 3.04. The number of aryl methyl sites for hydroxylation is 1. The summed E-state index contributed by atoms with van der Waals surface area (Å²) >= 11 is 3.06. The van der Waals surface area contributed by atoms with Gasteiger partial charge in [-0.05, 0) is 13.0 Å². The summed E-state index contributed by atoms with van der Waals surface area (Å²) in [5, 5.41) is 0.217. The molecule has 0 amide bonds. The van der Waals surface area contributed by atoms with Gasteiger partial charge in [-0.25, -0.2) is 8.78 Å². The van der Waals surface area contributed by atoms with Gasteiger partial charge in [0.2, 0.25) is 0 Å². The Morgan fingerprint density at radius 1 is 1.64 bits per heavy atom. The van der Waals surface area contributed by atoms with Crippen LogP contribution in [-0.2, 0) is 5.33 Å². The average Bonchev–Trinajstić information content (AvgIpc) is 2.15. The van der Waals surface area contributed by atoms with Crippen molar-refractivity contribution in [1.29, 1.82) is 0 Å². The maximum atomic E-state index is 12.6. The summed E-state index contributed by atoms with van der Waals surface area (Å²) in [6.07, 6.45) is -2.24. The van der Waals surface area contributed by atoms with Crippen LogP contribution in [0, 0.1) is 6.92 Å². The van der Waals surface area contributed by atoms with Crippen molar-refractivity contribution >= 4 is 22.2 Å². The van der Waals surface area contributed by atoms with E-state index in [9.17, 15) is 13.6 Å². The van der Waals surface area contributed by atoms with Crippen LogP contribution in [0.15, 0.2) is 6.07 Å². The van der Waals surface area contributed by atoms with E-state index in [2.05, 4.69) is 20.9 Å². The zero-order valence-corrected chi connectivity index (χ0v) is 9.01. The van der Waals surface area contributed by atoms with Gasteiger partial charge in [-0.2, -0.15) is 0 Å². The highest BCUT2D eigenvalue weighted by atomic mass is 79.9. The molecule has 1 aromatic heterocycles. The van der Waals surface area contributed by atoms with Crippen LogP contribution in [0.3, 0.4) is 0 Å². The number of carbonyl (C=O) groups is 1. The third-order valence-electron chi connectivity index (χ3n) is 1.77. The number of nitrogens with zero attached hydrogens (tertiary/aromatic N) is 1. The molecule has 1 rings (SSSR count). The summed E-state index contributed by atoms with van der Waals surface area (Å²) < 4.78 is 25.1. The molecular formula is C9H8BrF2NO. The third kappa shape index (κ3) is 2.15. The Morgan fingerprint density at radius 2 is 2.29 bits per heavy atom. The molecule has 5 heteroatoms. The second kappa shape index (κ2) is 4.59. The van der Waals surface area contributed by atoms with Crippen LogP contribution in [0.1, 0.15) is 33.7 Å². The molecule has 0 bridgehead atoms. The lowest BCUT2D eigenvalue weighted by atomic mass is 10.1. The molecule has 0 atom stereocenters. The second-order valence-corrected chi connectivity index (χ2v) is 3.33. The number of alkyl halides is 3. The lowest BCUT2D eigenvalue weighted by Gasteiger charge is -2.09. The largest absolute Gasteiger partial charge is 0.298 e. The molecule has 0 unspecified atom stereocenters. The zero-order chi connectivity index (χ0) is 10.7. The average molecular weight is 264 g/mol. The van der Waals surface area contributed by atoms with Crippen molar-refractivity contribution in [2.75, 3.05) is 0 Å². The van der Waals surface area contributed by atoms with Crippen LogP contribution >= 0.6 is 15.9 Å². The van der Waals surface area contributed by atoms with E-state index >= 15 is 0 Å². The number of rotatable bonds is 3. The van der Waals surface area contributed by atoms with E-state index in [1.54, 1.807) is 6.92 Å². The third-order valence-corrected chi connectivity index (χ3v) is 2.30. The lowest BCUT2D eigenvalue weighted by molar-refractivity contribution is 0.110. The van der Waals surface area contributed by atoms with E-state index in [4.69, 9.17) is 0 Å². The first kappa shape index (κ1) is 11.2. The quantitative estimate of drug-likeness (QED) is 0.620. The van der Waals surface area contributed by atoms with Crippen LogP contribution in [0.5, 0.6) is 0 Å². The molecule has 0 aliphatic carbocycles. The van der Waals surface area contributed by atoms with Gasteiger partial charge in [0.05, 0.1) is 11.3 Å². The fourth-order valence-electron chi connectivity index (χ4n) is 1.23. The summed E-state index contributed by atoms with van der Waals surface area (Å²) in [5.74, 6) is 0. The Bertz CT molecular complexity index is 355. The van der Waals surface area contributed by atoms with Gasteiger partial charge in [0, 0.05) is 16.6 Å². The van der Waals surface area contributed by atoms with E-state index in [1.165, 1.54) is 6.07 Å². The minimum Gasteiger partial charge on any atom is -0.298 e. The van der Waals surface area contributed by atoms with Gasteiger partial charge in [-0.3, -0.25) is 9.78 Å². The molecule has 0 aliphatic heterocycles. The van der Waals surface area contributed by atoms with E-state index in [-0.39, 0.29) is 22.2 Å². The van der Waals surface area contributed by atoms with Crippen LogP contribution < -0.4 is 0 Å². The molecule has 0 N–H and O–H groups in total. The number of aldehydes is 1.